The third-order valence-electron chi connectivity index (χ3n) is 5.98. The number of nitrogens with zero attached hydrogens (tertiary/aromatic N) is 3. The first-order valence-corrected chi connectivity index (χ1v) is 10.6. The fourth-order valence-corrected chi connectivity index (χ4v) is 3.98. The molecule has 0 aliphatic carbocycles. The molecule has 0 bridgehead atoms. The number of carbonyl (C=O) groups excluding carboxylic acids is 3. The summed E-state index contributed by atoms with van der Waals surface area (Å²) >= 11 is 0. The number of benzene rings is 1. The van der Waals surface area contributed by atoms with Crippen LogP contribution in [0.4, 0.5) is 23.9 Å². The van der Waals surface area contributed by atoms with Gasteiger partial charge in [0.2, 0.25) is 11.9 Å². The zero-order chi connectivity index (χ0) is 24.7. The van der Waals surface area contributed by atoms with Gasteiger partial charge in [0.05, 0.1) is 29.4 Å². The molecular formula is C22H22F3N5O4. The summed E-state index contributed by atoms with van der Waals surface area (Å²) in [5.41, 5.74) is -1.58. The second-order valence-electron chi connectivity index (χ2n) is 7.96. The van der Waals surface area contributed by atoms with Crippen LogP contribution in [0.2, 0.25) is 0 Å². The molecule has 0 unspecified atom stereocenters. The maximum absolute atomic E-state index is 13.2. The molecule has 3 aromatic rings. The Labute approximate surface area is 191 Å². The number of carbonyl (C=O) groups is 3. The third kappa shape index (κ3) is 4.11. The summed E-state index contributed by atoms with van der Waals surface area (Å²) in [6.45, 7) is 3.04. The van der Waals surface area contributed by atoms with Gasteiger partial charge in [-0.25, -0.2) is 9.78 Å². The van der Waals surface area contributed by atoms with Crippen molar-refractivity contribution in [2.45, 2.75) is 44.9 Å². The molecule has 12 heteroatoms. The number of anilines is 1. The van der Waals surface area contributed by atoms with Crippen molar-refractivity contribution < 1.29 is 32.0 Å². The number of imidazole rings is 1. The predicted molar refractivity (Wildman–Crippen MR) is 115 cm³/mol. The van der Waals surface area contributed by atoms with Gasteiger partial charge in [-0.1, -0.05) is 13.8 Å². The molecule has 1 saturated heterocycles. The molecule has 1 aliphatic rings. The molecule has 180 valence electrons. The summed E-state index contributed by atoms with van der Waals surface area (Å²) < 4.78 is 46.3. The molecule has 2 N–H and O–H groups in total. The van der Waals surface area contributed by atoms with Crippen LogP contribution in [0, 0.1) is 0 Å². The number of imide groups is 1. The highest BCUT2D eigenvalue weighted by molar-refractivity contribution is 6.10. The minimum Gasteiger partial charge on any atom is -0.467 e. The molecule has 9 nitrogen and oxygen atoms in total. The van der Waals surface area contributed by atoms with Gasteiger partial charge in [-0.05, 0) is 43.2 Å². The topological polar surface area (TPSA) is 109 Å². The van der Waals surface area contributed by atoms with Crippen LogP contribution in [0.3, 0.4) is 0 Å². The number of urea groups is 1. The maximum atomic E-state index is 13.2. The van der Waals surface area contributed by atoms with Gasteiger partial charge in [-0.3, -0.25) is 19.8 Å². The molecule has 0 spiro atoms. The standard InChI is InChI=1S/C22H22F3N5O4/c1-3-21(4-2)18(32)30(20(33)28-21)12-17(31)27-19-26-15-10-13(22(23,24)25)7-8-16(15)29(19)11-14-6-5-9-34-14/h5-10H,3-4,11-12H2,1-2H3,(H,28,33)(H,26,27,31). The number of hydrogen-bond acceptors (Lipinski definition) is 5. The van der Waals surface area contributed by atoms with Crippen LogP contribution < -0.4 is 10.6 Å². The van der Waals surface area contributed by atoms with Gasteiger partial charge in [0.25, 0.3) is 5.91 Å². The monoisotopic (exact) mass is 477 g/mol. The van der Waals surface area contributed by atoms with Crippen molar-refractivity contribution in [1.29, 1.82) is 0 Å². The molecule has 1 aromatic carbocycles. The van der Waals surface area contributed by atoms with E-state index < -0.39 is 41.7 Å². The van der Waals surface area contributed by atoms with Gasteiger partial charge in [0.15, 0.2) is 0 Å². The van der Waals surface area contributed by atoms with Crippen molar-refractivity contribution in [3.05, 3.63) is 47.9 Å². The largest absolute Gasteiger partial charge is 0.467 e. The highest BCUT2D eigenvalue weighted by atomic mass is 19.4. The second-order valence-corrected chi connectivity index (χ2v) is 7.96. The number of amides is 4. The van der Waals surface area contributed by atoms with E-state index in [1.807, 2.05) is 0 Å². The Bertz CT molecular complexity index is 1250. The van der Waals surface area contributed by atoms with Crippen LogP contribution in [-0.4, -0.2) is 44.4 Å². The average molecular weight is 477 g/mol. The van der Waals surface area contributed by atoms with Crippen molar-refractivity contribution in [1.82, 2.24) is 19.8 Å². The van der Waals surface area contributed by atoms with Gasteiger partial charge < -0.3 is 14.3 Å². The van der Waals surface area contributed by atoms with Gasteiger partial charge in [-0.2, -0.15) is 13.2 Å². The van der Waals surface area contributed by atoms with Crippen LogP contribution in [-0.2, 0) is 22.3 Å². The molecule has 0 saturated carbocycles. The summed E-state index contributed by atoms with van der Waals surface area (Å²) in [6, 6.07) is 5.72. The van der Waals surface area contributed by atoms with Gasteiger partial charge >= 0.3 is 12.2 Å². The lowest BCUT2D eigenvalue weighted by Gasteiger charge is -2.23. The van der Waals surface area contributed by atoms with Crippen molar-refractivity contribution in [2.24, 2.45) is 0 Å². The lowest BCUT2D eigenvalue weighted by Crippen LogP contribution is -2.46. The average Bonchev–Trinajstić information content (AvgIpc) is 3.48. The lowest BCUT2D eigenvalue weighted by atomic mass is 9.93. The van der Waals surface area contributed by atoms with Crippen LogP contribution >= 0.6 is 0 Å². The van der Waals surface area contributed by atoms with Crippen LogP contribution in [0.15, 0.2) is 41.0 Å². The summed E-state index contributed by atoms with van der Waals surface area (Å²) in [4.78, 5) is 42.8. The zero-order valence-corrected chi connectivity index (χ0v) is 18.4. The fraction of sp³-hybridized carbons (Fsp3) is 0.364. The second kappa shape index (κ2) is 8.50. The highest BCUT2D eigenvalue weighted by Crippen LogP contribution is 2.32. The Balaban J connectivity index is 1.63. The zero-order valence-electron chi connectivity index (χ0n) is 18.4. The molecule has 1 aliphatic heterocycles. The van der Waals surface area contributed by atoms with E-state index in [-0.39, 0.29) is 18.0 Å². The van der Waals surface area contributed by atoms with E-state index in [4.69, 9.17) is 4.42 Å². The molecule has 0 atom stereocenters. The van der Waals surface area contributed by atoms with Crippen molar-refractivity contribution in [2.75, 3.05) is 11.9 Å². The highest BCUT2D eigenvalue weighted by Gasteiger charge is 2.49. The first kappa shape index (κ1) is 23.3. The van der Waals surface area contributed by atoms with E-state index >= 15 is 0 Å². The molecule has 4 rings (SSSR count). The number of aromatic nitrogens is 2. The normalized spacial score (nSPS) is 15.7. The van der Waals surface area contributed by atoms with Crippen molar-refractivity contribution in [3.63, 3.8) is 0 Å². The number of fused-ring (bicyclic) bond motifs is 1. The minimum atomic E-state index is -4.56. The fourth-order valence-electron chi connectivity index (χ4n) is 3.98. The summed E-state index contributed by atoms with van der Waals surface area (Å²) in [5.74, 6) is -0.783. The number of nitrogens with one attached hydrogen (secondary N) is 2. The van der Waals surface area contributed by atoms with E-state index in [2.05, 4.69) is 15.6 Å². The number of rotatable bonds is 7. The Hall–Kier alpha value is -3.83. The number of hydrogen-bond donors (Lipinski definition) is 2. The van der Waals surface area contributed by atoms with E-state index in [0.29, 0.717) is 24.1 Å². The van der Waals surface area contributed by atoms with Crippen LogP contribution in [0.25, 0.3) is 11.0 Å². The van der Waals surface area contributed by atoms with Crippen molar-refractivity contribution >= 4 is 34.8 Å². The van der Waals surface area contributed by atoms with Crippen molar-refractivity contribution in [3.8, 4) is 0 Å². The lowest BCUT2D eigenvalue weighted by molar-refractivity contribution is -0.137. The molecule has 2 aromatic heterocycles. The SMILES string of the molecule is CCC1(CC)NC(=O)N(CC(=O)Nc2nc3cc(C(F)(F)F)ccc3n2Cc2ccco2)C1=O. The first-order valence-electron chi connectivity index (χ1n) is 10.6. The van der Waals surface area contributed by atoms with E-state index in [9.17, 15) is 27.6 Å². The molecule has 34 heavy (non-hydrogen) atoms. The third-order valence-corrected chi connectivity index (χ3v) is 5.98. The Morgan fingerprint density at radius 1 is 1.21 bits per heavy atom. The molecule has 0 radical (unpaired) electrons. The van der Waals surface area contributed by atoms with E-state index in [0.717, 1.165) is 17.0 Å². The van der Waals surface area contributed by atoms with Crippen LogP contribution in [0.5, 0.6) is 0 Å². The summed E-state index contributed by atoms with van der Waals surface area (Å²) in [5, 5.41) is 5.15. The molecule has 4 amide bonds. The summed E-state index contributed by atoms with van der Waals surface area (Å²) in [6.07, 6.45) is -2.38. The van der Waals surface area contributed by atoms with Gasteiger partial charge in [0.1, 0.15) is 17.8 Å². The Morgan fingerprint density at radius 3 is 2.53 bits per heavy atom. The predicted octanol–water partition coefficient (Wildman–Crippen LogP) is 3.75. The van der Waals surface area contributed by atoms with E-state index in [1.54, 1.807) is 26.0 Å². The quantitative estimate of drug-likeness (QED) is 0.504. The number of alkyl halides is 3. The van der Waals surface area contributed by atoms with Gasteiger partial charge in [0, 0.05) is 0 Å². The molecule has 3 heterocycles. The minimum absolute atomic E-state index is 0.0163. The smallest absolute Gasteiger partial charge is 0.416 e. The molecule has 1 fully saturated rings. The van der Waals surface area contributed by atoms with Crippen LogP contribution in [0.1, 0.15) is 38.0 Å². The number of furan rings is 1. The summed E-state index contributed by atoms with van der Waals surface area (Å²) in [7, 11) is 0. The first-order chi connectivity index (χ1) is 16.1. The van der Waals surface area contributed by atoms with E-state index in [1.165, 1.54) is 16.9 Å². The Kier molecular flexibility index (Phi) is 5.84. The maximum Gasteiger partial charge on any atom is 0.416 e. The van der Waals surface area contributed by atoms with Gasteiger partial charge in [-0.15, -0.1) is 0 Å². The molecular weight excluding hydrogens is 455 g/mol. The number of halogens is 3. The Morgan fingerprint density at radius 2 is 1.94 bits per heavy atom.